The van der Waals surface area contributed by atoms with Crippen LogP contribution in [0.2, 0.25) is 0 Å². The topological polar surface area (TPSA) is 113 Å². The van der Waals surface area contributed by atoms with Gasteiger partial charge in [-0.2, -0.15) is 0 Å². The van der Waals surface area contributed by atoms with Crippen LogP contribution in [0.1, 0.15) is 24.2 Å². The number of primary sulfonamides is 1. The number of nitrogens with zero attached hydrogens (tertiary/aromatic N) is 2. The van der Waals surface area contributed by atoms with Crippen molar-refractivity contribution in [2.24, 2.45) is 5.14 Å². The van der Waals surface area contributed by atoms with Crippen LogP contribution in [0.15, 0.2) is 47.4 Å². The van der Waals surface area contributed by atoms with Crippen LogP contribution in [-0.4, -0.2) is 57.2 Å². The summed E-state index contributed by atoms with van der Waals surface area (Å²) >= 11 is 0. The van der Waals surface area contributed by atoms with E-state index in [1.54, 1.807) is 19.1 Å². The number of hydrogen-bond donors (Lipinski definition) is 2. The van der Waals surface area contributed by atoms with Crippen molar-refractivity contribution in [3.63, 3.8) is 0 Å². The highest BCUT2D eigenvalue weighted by Gasteiger charge is 2.27. The largest absolute Gasteiger partial charge is 0.367 e. The van der Waals surface area contributed by atoms with Gasteiger partial charge in [-0.1, -0.05) is 0 Å². The molecule has 1 aliphatic rings. The molecule has 2 aromatic carbocycles. The number of piperazine rings is 1. The fourth-order valence-corrected chi connectivity index (χ4v) is 3.99. The van der Waals surface area contributed by atoms with E-state index in [0.717, 1.165) is 0 Å². The van der Waals surface area contributed by atoms with Crippen molar-refractivity contribution in [2.45, 2.75) is 24.8 Å². The zero-order valence-corrected chi connectivity index (χ0v) is 18.2. The lowest BCUT2D eigenvalue weighted by Gasteiger charge is -2.38. The van der Waals surface area contributed by atoms with Gasteiger partial charge in [0.2, 0.25) is 15.9 Å². The molecule has 1 saturated heterocycles. The molecule has 1 fully saturated rings. The first-order chi connectivity index (χ1) is 14.6. The van der Waals surface area contributed by atoms with Gasteiger partial charge in [-0.25, -0.2) is 17.9 Å². The summed E-state index contributed by atoms with van der Waals surface area (Å²) in [5.74, 6) is -0.849. The summed E-state index contributed by atoms with van der Waals surface area (Å²) in [7, 11) is -3.79. The lowest BCUT2D eigenvalue weighted by molar-refractivity contribution is -0.120. The lowest BCUT2D eigenvalue weighted by Crippen LogP contribution is -2.53. The highest BCUT2D eigenvalue weighted by atomic mass is 32.2. The minimum atomic E-state index is -3.79. The van der Waals surface area contributed by atoms with E-state index >= 15 is 0 Å². The molecule has 1 atom stereocenters. The van der Waals surface area contributed by atoms with Crippen molar-refractivity contribution < 1.29 is 22.4 Å². The lowest BCUT2D eigenvalue weighted by atomic mass is 10.1. The Bertz CT molecular complexity index is 1080. The molecular formula is C21H25FN4O4S. The number of ketones is 1. The Hall–Kier alpha value is -2.82. The molecule has 1 unspecified atom stereocenters. The van der Waals surface area contributed by atoms with E-state index in [1.165, 1.54) is 37.3 Å². The molecule has 3 rings (SSSR count). The van der Waals surface area contributed by atoms with Crippen molar-refractivity contribution in [3.05, 3.63) is 53.8 Å². The predicted molar refractivity (Wildman–Crippen MR) is 116 cm³/mol. The minimum Gasteiger partial charge on any atom is -0.367 e. The number of carbonyl (C=O) groups excluding carboxylic acids is 2. The van der Waals surface area contributed by atoms with Gasteiger partial charge in [0, 0.05) is 37.4 Å². The Labute approximate surface area is 180 Å². The molecule has 8 nitrogen and oxygen atoms in total. The molecule has 0 saturated carbocycles. The average molecular weight is 449 g/mol. The Morgan fingerprint density at radius 2 is 1.68 bits per heavy atom. The number of carbonyl (C=O) groups is 2. The highest BCUT2D eigenvalue weighted by molar-refractivity contribution is 7.89. The number of hydrogen-bond acceptors (Lipinski definition) is 6. The summed E-state index contributed by atoms with van der Waals surface area (Å²) in [6.07, 6.45) is 0. The van der Waals surface area contributed by atoms with Gasteiger partial charge >= 0.3 is 0 Å². The van der Waals surface area contributed by atoms with E-state index in [1.807, 2.05) is 9.80 Å². The zero-order chi connectivity index (χ0) is 22.8. The van der Waals surface area contributed by atoms with Crippen molar-refractivity contribution in [3.8, 4) is 0 Å². The first-order valence-corrected chi connectivity index (χ1v) is 11.3. The Kier molecular flexibility index (Phi) is 6.73. The van der Waals surface area contributed by atoms with Crippen molar-refractivity contribution in [1.82, 2.24) is 4.90 Å². The van der Waals surface area contributed by atoms with E-state index < -0.39 is 21.9 Å². The first kappa shape index (κ1) is 22.9. The fraction of sp³-hybridized carbons (Fsp3) is 0.333. The molecule has 10 heteroatoms. The normalized spacial score (nSPS) is 16.1. The summed E-state index contributed by atoms with van der Waals surface area (Å²) in [5.41, 5.74) is 1.24. The quantitative estimate of drug-likeness (QED) is 0.652. The third-order valence-corrected chi connectivity index (χ3v) is 6.32. The van der Waals surface area contributed by atoms with E-state index in [-0.39, 0.29) is 16.6 Å². The van der Waals surface area contributed by atoms with Gasteiger partial charge in [-0.15, -0.1) is 0 Å². The first-order valence-electron chi connectivity index (χ1n) is 9.79. The van der Waals surface area contributed by atoms with Gasteiger partial charge in [0.05, 0.1) is 16.6 Å². The molecule has 31 heavy (non-hydrogen) atoms. The van der Waals surface area contributed by atoms with Crippen molar-refractivity contribution in [2.75, 3.05) is 36.4 Å². The van der Waals surface area contributed by atoms with E-state index in [4.69, 9.17) is 5.14 Å². The van der Waals surface area contributed by atoms with Gasteiger partial charge in [-0.05, 0) is 56.3 Å². The predicted octanol–water partition coefficient (Wildman–Crippen LogP) is 1.82. The summed E-state index contributed by atoms with van der Waals surface area (Å²) in [4.78, 5) is 27.9. The number of nitrogens with one attached hydrogen (secondary N) is 1. The molecule has 3 N–H and O–H groups in total. The number of anilines is 2. The second kappa shape index (κ2) is 9.13. The van der Waals surface area contributed by atoms with Gasteiger partial charge in [0.15, 0.2) is 5.78 Å². The fourth-order valence-electron chi connectivity index (χ4n) is 3.47. The number of benzene rings is 2. The number of Topliss-reactive ketones (excluding diaryl/α,β-unsaturated/α-hetero) is 1. The van der Waals surface area contributed by atoms with Gasteiger partial charge in [0.25, 0.3) is 0 Å². The molecule has 0 aliphatic carbocycles. The monoisotopic (exact) mass is 448 g/mol. The third-order valence-electron chi connectivity index (χ3n) is 5.39. The molecule has 1 heterocycles. The van der Waals surface area contributed by atoms with Crippen molar-refractivity contribution >= 4 is 33.1 Å². The SMILES string of the molecule is CC(=O)c1ccc(N2CCN(C(C)C(=O)Nc3ccc(S(N)(=O)=O)cc3)CC2)c(F)c1. The van der Waals surface area contributed by atoms with Crippen LogP contribution in [0.3, 0.4) is 0 Å². The van der Waals surface area contributed by atoms with E-state index in [2.05, 4.69) is 5.32 Å². The molecule has 1 aliphatic heterocycles. The summed E-state index contributed by atoms with van der Waals surface area (Å²) < 4.78 is 37.0. The Morgan fingerprint density at radius 3 is 2.19 bits per heavy atom. The average Bonchev–Trinajstić information content (AvgIpc) is 2.73. The minimum absolute atomic E-state index is 0.0294. The third kappa shape index (κ3) is 5.46. The summed E-state index contributed by atoms with van der Waals surface area (Å²) in [6.45, 7) is 5.38. The number of nitrogens with two attached hydrogens (primary N) is 1. The van der Waals surface area contributed by atoms with Crippen LogP contribution in [-0.2, 0) is 14.8 Å². The van der Waals surface area contributed by atoms with Crippen LogP contribution < -0.4 is 15.4 Å². The molecule has 0 bridgehead atoms. The van der Waals surface area contributed by atoms with Crippen LogP contribution in [0.4, 0.5) is 15.8 Å². The molecule has 0 radical (unpaired) electrons. The van der Waals surface area contributed by atoms with Crippen LogP contribution in [0.25, 0.3) is 0 Å². The van der Waals surface area contributed by atoms with Gasteiger partial charge in [0.1, 0.15) is 5.82 Å². The molecule has 166 valence electrons. The maximum absolute atomic E-state index is 14.4. The number of amides is 1. The number of rotatable bonds is 6. The zero-order valence-electron chi connectivity index (χ0n) is 17.3. The number of sulfonamides is 1. The standard InChI is InChI=1S/C21H25FN4O4S/c1-14(21(28)24-17-4-6-18(7-5-17)31(23,29)30)25-9-11-26(12-10-25)20-8-3-16(15(2)27)13-19(20)22/h3-8,13-14H,9-12H2,1-2H3,(H,24,28)(H2,23,29,30). The second-order valence-corrected chi connectivity index (χ2v) is 9.04. The number of halogens is 1. The van der Waals surface area contributed by atoms with Crippen LogP contribution >= 0.6 is 0 Å². The maximum atomic E-state index is 14.4. The van der Waals surface area contributed by atoms with E-state index in [9.17, 15) is 22.4 Å². The second-order valence-electron chi connectivity index (χ2n) is 7.48. The van der Waals surface area contributed by atoms with Gasteiger partial charge < -0.3 is 10.2 Å². The maximum Gasteiger partial charge on any atom is 0.241 e. The molecule has 2 aromatic rings. The Balaban J connectivity index is 1.58. The molecular weight excluding hydrogens is 423 g/mol. The Morgan fingerprint density at radius 1 is 1.06 bits per heavy atom. The summed E-state index contributed by atoms with van der Waals surface area (Å²) in [6, 6.07) is 9.69. The van der Waals surface area contributed by atoms with Crippen molar-refractivity contribution in [1.29, 1.82) is 0 Å². The smallest absolute Gasteiger partial charge is 0.241 e. The van der Waals surface area contributed by atoms with Gasteiger partial charge in [-0.3, -0.25) is 14.5 Å². The van der Waals surface area contributed by atoms with E-state index in [0.29, 0.717) is 43.1 Å². The molecule has 0 spiro atoms. The molecule has 0 aromatic heterocycles. The highest BCUT2D eigenvalue weighted by Crippen LogP contribution is 2.23. The summed E-state index contributed by atoms with van der Waals surface area (Å²) in [5, 5.41) is 7.84. The van der Waals surface area contributed by atoms with Crippen LogP contribution in [0.5, 0.6) is 0 Å². The van der Waals surface area contributed by atoms with Crippen LogP contribution in [0, 0.1) is 5.82 Å². The molecule has 1 amide bonds.